The molecule has 0 heterocycles. The van der Waals surface area contributed by atoms with Crippen LogP contribution < -0.4 is 10.2 Å². The average molecular weight is 284 g/mol. The lowest BCUT2D eigenvalue weighted by molar-refractivity contribution is -0.120. The van der Waals surface area contributed by atoms with E-state index in [1.54, 1.807) is 43.5 Å². The van der Waals surface area contributed by atoms with Gasteiger partial charge in [0.2, 0.25) is 5.91 Å². The minimum absolute atomic E-state index is 0.156. The van der Waals surface area contributed by atoms with E-state index < -0.39 is 0 Å². The summed E-state index contributed by atoms with van der Waals surface area (Å²) in [6, 6.07) is 13.9. The molecular formula is C16H16N2O3. The number of hydrazone groups is 1. The molecule has 0 saturated heterocycles. The first-order valence-electron chi connectivity index (χ1n) is 6.41. The maximum Gasteiger partial charge on any atom is 0.244 e. The summed E-state index contributed by atoms with van der Waals surface area (Å²) in [6.45, 7) is 0. The van der Waals surface area contributed by atoms with Gasteiger partial charge in [-0.3, -0.25) is 4.79 Å². The summed E-state index contributed by atoms with van der Waals surface area (Å²) >= 11 is 0. The Hall–Kier alpha value is -2.82. The normalized spacial score (nSPS) is 10.5. The number of nitrogens with zero attached hydrogens (tertiary/aromatic N) is 1. The van der Waals surface area contributed by atoms with Gasteiger partial charge in [0.25, 0.3) is 0 Å². The number of aromatic hydroxyl groups is 1. The van der Waals surface area contributed by atoms with Crippen molar-refractivity contribution in [2.24, 2.45) is 5.10 Å². The molecule has 0 bridgehead atoms. The Labute approximate surface area is 122 Å². The van der Waals surface area contributed by atoms with Crippen LogP contribution in [0.15, 0.2) is 53.6 Å². The van der Waals surface area contributed by atoms with Crippen LogP contribution in [0, 0.1) is 0 Å². The fourth-order valence-electron chi connectivity index (χ4n) is 1.75. The molecule has 0 aromatic heterocycles. The molecule has 5 nitrogen and oxygen atoms in total. The molecular weight excluding hydrogens is 268 g/mol. The number of phenolic OH excluding ortho intramolecular Hbond substituents is 1. The molecule has 2 N–H and O–H groups in total. The van der Waals surface area contributed by atoms with E-state index in [1.807, 2.05) is 12.1 Å². The Bertz CT molecular complexity index is 636. The Balaban J connectivity index is 1.86. The zero-order valence-electron chi connectivity index (χ0n) is 11.6. The molecule has 0 aliphatic heterocycles. The van der Waals surface area contributed by atoms with Gasteiger partial charge in [-0.2, -0.15) is 5.10 Å². The van der Waals surface area contributed by atoms with E-state index in [2.05, 4.69) is 10.5 Å². The van der Waals surface area contributed by atoms with Crippen LogP contribution in [-0.4, -0.2) is 24.3 Å². The van der Waals surface area contributed by atoms with Gasteiger partial charge in [-0.05, 0) is 35.4 Å². The van der Waals surface area contributed by atoms with Crippen LogP contribution in [0.3, 0.4) is 0 Å². The fourth-order valence-corrected chi connectivity index (χ4v) is 1.75. The summed E-state index contributed by atoms with van der Waals surface area (Å²) in [5.41, 5.74) is 4.03. The highest BCUT2D eigenvalue weighted by Crippen LogP contribution is 2.11. The Kier molecular flexibility index (Phi) is 4.93. The molecule has 0 aliphatic rings. The van der Waals surface area contributed by atoms with Gasteiger partial charge in [-0.25, -0.2) is 5.43 Å². The second-order valence-electron chi connectivity index (χ2n) is 4.41. The van der Waals surface area contributed by atoms with Crippen molar-refractivity contribution in [3.63, 3.8) is 0 Å². The van der Waals surface area contributed by atoms with E-state index >= 15 is 0 Å². The summed E-state index contributed by atoms with van der Waals surface area (Å²) in [6.07, 6.45) is 1.72. The Morgan fingerprint density at radius 2 is 2.05 bits per heavy atom. The predicted octanol–water partition coefficient (Wildman–Crippen LogP) is 2.09. The molecule has 0 saturated carbocycles. The first-order chi connectivity index (χ1) is 10.2. The van der Waals surface area contributed by atoms with Crippen LogP contribution in [0.2, 0.25) is 0 Å². The zero-order valence-corrected chi connectivity index (χ0v) is 11.6. The average Bonchev–Trinajstić information content (AvgIpc) is 2.48. The number of hydrogen-bond acceptors (Lipinski definition) is 4. The predicted molar refractivity (Wildman–Crippen MR) is 80.5 cm³/mol. The quantitative estimate of drug-likeness (QED) is 0.652. The molecule has 108 valence electrons. The SMILES string of the molecule is COc1ccc(CC(=O)NN=Cc2cccc(O)c2)cc1. The molecule has 0 aliphatic carbocycles. The standard InChI is InChI=1S/C16H16N2O3/c1-21-15-7-5-12(6-8-15)10-16(20)18-17-11-13-3-2-4-14(19)9-13/h2-9,11,19H,10H2,1H3,(H,18,20). The highest BCUT2D eigenvalue weighted by atomic mass is 16.5. The molecule has 2 aromatic carbocycles. The molecule has 0 spiro atoms. The van der Waals surface area contributed by atoms with Gasteiger partial charge in [0.15, 0.2) is 0 Å². The van der Waals surface area contributed by atoms with Crippen LogP contribution in [0.1, 0.15) is 11.1 Å². The van der Waals surface area contributed by atoms with E-state index in [9.17, 15) is 9.90 Å². The lowest BCUT2D eigenvalue weighted by atomic mass is 10.1. The highest BCUT2D eigenvalue weighted by molar-refractivity contribution is 5.83. The number of hydrogen-bond donors (Lipinski definition) is 2. The van der Waals surface area contributed by atoms with Crippen LogP contribution in [0.4, 0.5) is 0 Å². The summed E-state index contributed by atoms with van der Waals surface area (Å²) in [4.78, 5) is 11.7. The van der Waals surface area contributed by atoms with Crippen molar-refractivity contribution in [3.05, 3.63) is 59.7 Å². The van der Waals surface area contributed by atoms with Crippen LogP contribution in [-0.2, 0) is 11.2 Å². The number of nitrogens with one attached hydrogen (secondary N) is 1. The molecule has 1 amide bonds. The van der Waals surface area contributed by atoms with Gasteiger partial charge in [0, 0.05) is 0 Å². The van der Waals surface area contributed by atoms with Crippen molar-refractivity contribution in [1.29, 1.82) is 0 Å². The highest BCUT2D eigenvalue weighted by Gasteiger charge is 2.02. The molecule has 2 aromatic rings. The second kappa shape index (κ2) is 7.09. The van der Waals surface area contributed by atoms with Crippen molar-refractivity contribution < 1.29 is 14.6 Å². The zero-order chi connectivity index (χ0) is 15.1. The van der Waals surface area contributed by atoms with E-state index in [0.717, 1.165) is 11.3 Å². The monoisotopic (exact) mass is 284 g/mol. The van der Waals surface area contributed by atoms with Gasteiger partial charge < -0.3 is 9.84 Å². The van der Waals surface area contributed by atoms with Gasteiger partial charge in [0.1, 0.15) is 11.5 Å². The van der Waals surface area contributed by atoms with Crippen LogP contribution in [0.25, 0.3) is 0 Å². The van der Waals surface area contributed by atoms with Crippen molar-refractivity contribution in [3.8, 4) is 11.5 Å². The number of methoxy groups -OCH3 is 1. The molecule has 0 radical (unpaired) electrons. The summed E-state index contributed by atoms with van der Waals surface area (Å²) < 4.78 is 5.05. The Morgan fingerprint density at radius 1 is 1.29 bits per heavy atom. The third-order valence-electron chi connectivity index (χ3n) is 2.80. The lowest BCUT2D eigenvalue weighted by Gasteiger charge is -2.02. The molecule has 21 heavy (non-hydrogen) atoms. The summed E-state index contributed by atoms with van der Waals surface area (Å²) in [7, 11) is 1.60. The number of benzene rings is 2. The number of carbonyl (C=O) groups is 1. The van der Waals surface area contributed by atoms with Gasteiger partial charge >= 0.3 is 0 Å². The van der Waals surface area contributed by atoms with Gasteiger partial charge in [-0.1, -0.05) is 24.3 Å². The Morgan fingerprint density at radius 3 is 2.71 bits per heavy atom. The summed E-state index contributed by atoms with van der Waals surface area (Å²) in [5, 5.41) is 13.2. The van der Waals surface area contributed by atoms with E-state index in [0.29, 0.717) is 5.56 Å². The lowest BCUT2D eigenvalue weighted by Crippen LogP contribution is -2.19. The van der Waals surface area contributed by atoms with E-state index in [4.69, 9.17) is 4.74 Å². The number of amides is 1. The van der Waals surface area contributed by atoms with Crippen molar-refractivity contribution in [1.82, 2.24) is 5.43 Å². The van der Waals surface area contributed by atoms with E-state index in [1.165, 1.54) is 6.21 Å². The molecule has 5 heteroatoms. The first kappa shape index (κ1) is 14.6. The fraction of sp³-hybridized carbons (Fsp3) is 0.125. The second-order valence-corrected chi connectivity index (χ2v) is 4.41. The summed E-state index contributed by atoms with van der Waals surface area (Å²) in [5.74, 6) is 0.696. The minimum atomic E-state index is -0.212. The molecule has 0 fully saturated rings. The van der Waals surface area contributed by atoms with E-state index in [-0.39, 0.29) is 18.1 Å². The number of ether oxygens (including phenoxy) is 1. The van der Waals surface area contributed by atoms with Crippen LogP contribution in [0.5, 0.6) is 11.5 Å². The third-order valence-corrected chi connectivity index (χ3v) is 2.80. The number of carbonyl (C=O) groups excluding carboxylic acids is 1. The third kappa shape index (κ3) is 4.65. The maximum absolute atomic E-state index is 11.7. The molecule has 0 unspecified atom stereocenters. The van der Waals surface area contributed by atoms with Crippen molar-refractivity contribution >= 4 is 12.1 Å². The number of rotatable bonds is 5. The van der Waals surface area contributed by atoms with Gasteiger partial charge in [-0.15, -0.1) is 0 Å². The van der Waals surface area contributed by atoms with Crippen molar-refractivity contribution in [2.45, 2.75) is 6.42 Å². The molecule has 2 rings (SSSR count). The largest absolute Gasteiger partial charge is 0.508 e. The topological polar surface area (TPSA) is 70.9 Å². The smallest absolute Gasteiger partial charge is 0.244 e. The van der Waals surface area contributed by atoms with Crippen molar-refractivity contribution in [2.75, 3.05) is 7.11 Å². The van der Waals surface area contributed by atoms with Gasteiger partial charge in [0.05, 0.1) is 19.7 Å². The molecule has 0 atom stereocenters. The first-order valence-corrected chi connectivity index (χ1v) is 6.41. The maximum atomic E-state index is 11.7. The minimum Gasteiger partial charge on any atom is -0.508 e. The number of phenols is 1. The van der Waals surface area contributed by atoms with Crippen LogP contribution >= 0.6 is 0 Å².